The molecule has 3 atom stereocenters. The van der Waals surface area contributed by atoms with Crippen LogP contribution >= 0.6 is 11.3 Å². The molecule has 7 heteroatoms. The van der Waals surface area contributed by atoms with Crippen molar-refractivity contribution in [2.75, 3.05) is 13.2 Å². The Balaban J connectivity index is 1.40. The third-order valence-corrected chi connectivity index (χ3v) is 5.88. The molecule has 2 aliphatic rings. The molecule has 0 spiro atoms. The fourth-order valence-electron chi connectivity index (χ4n) is 3.75. The Morgan fingerprint density at radius 3 is 3.20 bits per heavy atom. The minimum absolute atomic E-state index is 0.00467. The van der Waals surface area contributed by atoms with Crippen molar-refractivity contribution in [1.82, 2.24) is 20.2 Å². The van der Waals surface area contributed by atoms with Crippen LogP contribution in [-0.4, -0.2) is 46.1 Å². The third-order valence-electron chi connectivity index (χ3n) is 4.93. The average molecular weight is 358 g/mol. The van der Waals surface area contributed by atoms with Crippen molar-refractivity contribution in [3.8, 4) is 0 Å². The van der Waals surface area contributed by atoms with Gasteiger partial charge >= 0.3 is 0 Å². The molecule has 6 nitrogen and oxygen atoms in total. The second-order valence-corrected chi connectivity index (χ2v) is 7.63. The van der Waals surface area contributed by atoms with E-state index in [-0.39, 0.29) is 17.9 Å². The van der Waals surface area contributed by atoms with Crippen LogP contribution in [-0.2, 0) is 22.6 Å². The number of likely N-dealkylation sites (tertiary alicyclic amines) is 1. The number of carbonyl (C=O) groups excluding carboxylic acids is 1. The van der Waals surface area contributed by atoms with Crippen molar-refractivity contribution in [1.29, 1.82) is 0 Å². The Bertz CT molecular complexity index is 736. The van der Waals surface area contributed by atoms with Crippen LogP contribution in [0.5, 0.6) is 0 Å². The van der Waals surface area contributed by atoms with Crippen molar-refractivity contribution < 1.29 is 9.53 Å². The predicted molar refractivity (Wildman–Crippen MR) is 95.0 cm³/mol. The molecule has 0 saturated carbocycles. The molecule has 0 bridgehead atoms. The first-order chi connectivity index (χ1) is 12.2. The van der Waals surface area contributed by atoms with Gasteiger partial charge in [0.1, 0.15) is 5.01 Å². The van der Waals surface area contributed by atoms with E-state index in [9.17, 15) is 4.79 Å². The highest BCUT2D eigenvalue weighted by atomic mass is 32.1. The Hall–Kier alpha value is -1.83. The maximum Gasteiger partial charge on any atom is 0.227 e. The van der Waals surface area contributed by atoms with Crippen LogP contribution < -0.4 is 5.32 Å². The number of aromatic nitrogens is 2. The molecule has 2 saturated heterocycles. The normalized spacial score (nSPS) is 25.9. The largest absolute Gasteiger partial charge is 0.376 e. The molecule has 0 aliphatic carbocycles. The van der Waals surface area contributed by atoms with E-state index < -0.39 is 0 Å². The third kappa shape index (κ3) is 3.58. The van der Waals surface area contributed by atoms with Crippen LogP contribution in [0.15, 0.2) is 29.9 Å². The summed E-state index contributed by atoms with van der Waals surface area (Å²) < 4.78 is 5.90. The van der Waals surface area contributed by atoms with Crippen molar-refractivity contribution in [3.63, 3.8) is 0 Å². The number of nitrogens with zero attached hydrogens (tertiary/aromatic N) is 3. The molecule has 0 aromatic carbocycles. The van der Waals surface area contributed by atoms with E-state index in [4.69, 9.17) is 4.74 Å². The highest BCUT2D eigenvalue weighted by Gasteiger charge is 2.48. The van der Waals surface area contributed by atoms with Gasteiger partial charge in [-0.1, -0.05) is 6.07 Å². The number of aryl methyl sites for hydroxylation is 1. The van der Waals surface area contributed by atoms with Gasteiger partial charge in [0.2, 0.25) is 5.91 Å². The number of hydrogen-bond acceptors (Lipinski definition) is 6. The summed E-state index contributed by atoms with van der Waals surface area (Å²) in [5.74, 6) is -0.0520. The van der Waals surface area contributed by atoms with Crippen molar-refractivity contribution in [3.05, 3.63) is 46.2 Å². The highest BCUT2D eigenvalue weighted by Crippen LogP contribution is 2.35. The summed E-state index contributed by atoms with van der Waals surface area (Å²) in [4.78, 5) is 23.7. The fraction of sp³-hybridized carbons (Fsp3) is 0.500. The molecule has 2 aromatic rings. The summed E-state index contributed by atoms with van der Waals surface area (Å²) in [6.07, 6.45) is 4.50. The number of amides is 1. The van der Waals surface area contributed by atoms with E-state index in [0.29, 0.717) is 12.6 Å². The van der Waals surface area contributed by atoms with E-state index in [1.54, 1.807) is 23.7 Å². The smallest absolute Gasteiger partial charge is 0.227 e. The SMILES string of the molecule is Cc1csc(CN2C[C@H](C(=O)NCc3cccnc3)[C@H]3OCC[C@H]32)n1. The summed E-state index contributed by atoms with van der Waals surface area (Å²) in [7, 11) is 0. The van der Waals surface area contributed by atoms with Gasteiger partial charge in [0.15, 0.2) is 0 Å². The number of thiazole rings is 1. The molecule has 4 rings (SSSR count). The van der Waals surface area contributed by atoms with Crippen LogP contribution in [0.1, 0.15) is 22.7 Å². The van der Waals surface area contributed by atoms with Gasteiger partial charge < -0.3 is 10.1 Å². The number of ether oxygens (including phenoxy) is 1. The highest BCUT2D eigenvalue weighted by molar-refractivity contribution is 7.09. The van der Waals surface area contributed by atoms with E-state index in [2.05, 4.69) is 25.6 Å². The second-order valence-electron chi connectivity index (χ2n) is 6.69. The molecule has 2 aromatic heterocycles. The summed E-state index contributed by atoms with van der Waals surface area (Å²) in [6, 6.07) is 4.16. The molecule has 2 aliphatic heterocycles. The Morgan fingerprint density at radius 1 is 1.52 bits per heavy atom. The van der Waals surface area contributed by atoms with Gasteiger partial charge in [-0.3, -0.25) is 14.7 Å². The maximum atomic E-state index is 12.7. The zero-order valence-electron chi connectivity index (χ0n) is 14.2. The first-order valence-electron chi connectivity index (χ1n) is 8.64. The van der Waals surface area contributed by atoms with Crippen LogP contribution in [0, 0.1) is 12.8 Å². The van der Waals surface area contributed by atoms with Gasteiger partial charge in [0.25, 0.3) is 0 Å². The van der Waals surface area contributed by atoms with Crippen LogP contribution in [0.4, 0.5) is 0 Å². The maximum absolute atomic E-state index is 12.7. The standard InChI is InChI=1S/C18H22N4O2S/c1-12-11-25-16(21-12)10-22-9-14(17-15(22)4-6-24-17)18(23)20-8-13-3-2-5-19-7-13/h2-3,5,7,11,14-15,17H,4,6,8-10H2,1H3,(H,20,23)/t14-,15+,17+/m0/s1. The molecular weight excluding hydrogens is 336 g/mol. The Labute approximate surface area is 151 Å². The first-order valence-corrected chi connectivity index (χ1v) is 9.52. The van der Waals surface area contributed by atoms with Crippen LogP contribution in [0.3, 0.4) is 0 Å². The number of pyridine rings is 1. The van der Waals surface area contributed by atoms with E-state index in [1.807, 2.05) is 19.1 Å². The molecule has 1 N–H and O–H groups in total. The van der Waals surface area contributed by atoms with Gasteiger partial charge in [0, 0.05) is 49.2 Å². The quantitative estimate of drug-likeness (QED) is 0.882. The lowest BCUT2D eigenvalue weighted by Crippen LogP contribution is -2.37. The van der Waals surface area contributed by atoms with E-state index in [1.165, 1.54) is 0 Å². The first kappa shape index (κ1) is 16.6. The van der Waals surface area contributed by atoms with Crippen molar-refractivity contribution in [2.24, 2.45) is 5.92 Å². The van der Waals surface area contributed by atoms with Gasteiger partial charge in [-0.05, 0) is 25.0 Å². The lowest BCUT2D eigenvalue weighted by molar-refractivity contribution is -0.127. The van der Waals surface area contributed by atoms with Crippen molar-refractivity contribution in [2.45, 2.75) is 38.6 Å². The fourth-order valence-corrected chi connectivity index (χ4v) is 4.55. The topological polar surface area (TPSA) is 67.4 Å². The molecule has 132 valence electrons. The van der Waals surface area contributed by atoms with Gasteiger partial charge in [-0.15, -0.1) is 11.3 Å². The summed E-state index contributed by atoms with van der Waals surface area (Å²) in [5, 5.41) is 6.23. The molecule has 0 unspecified atom stereocenters. The molecule has 25 heavy (non-hydrogen) atoms. The average Bonchev–Trinajstić information content (AvgIpc) is 3.32. The molecular formula is C18H22N4O2S. The monoisotopic (exact) mass is 358 g/mol. The lowest BCUT2D eigenvalue weighted by atomic mass is 10.0. The minimum atomic E-state index is -0.120. The lowest BCUT2D eigenvalue weighted by Gasteiger charge is -2.20. The van der Waals surface area contributed by atoms with Gasteiger partial charge in [-0.25, -0.2) is 4.98 Å². The van der Waals surface area contributed by atoms with Gasteiger partial charge in [0.05, 0.1) is 18.6 Å². The van der Waals surface area contributed by atoms with Gasteiger partial charge in [-0.2, -0.15) is 0 Å². The number of nitrogens with one attached hydrogen (secondary N) is 1. The number of fused-ring (bicyclic) bond motifs is 1. The molecule has 4 heterocycles. The Morgan fingerprint density at radius 2 is 2.44 bits per heavy atom. The van der Waals surface area contributed by atoms with E-state index in [0.717, 1.165) is 42.4 Å². The summed E-state index contributed by atoms with van der Waals surface area (Å²) in [6.45, 7) is 4.78. The summed E-state index contributed by atoms with van der Waals surface area (Å²) in [5.41, 5.74) is 2.07. The molecule has 2 fully saturated rings. The second kappa shape index (κ2) is 7.19. The zero-order chi connectivity index (χ0) is 17.2. The van der Waals surface area contributed by atoms with Crippen LogP contribution in [0.2, 0.25) is 0 Å². The van der Waals surface area contributed by atoms with Crippen LogP contribution in [0.25, 0.3) is 0 Å². The zero-order valence-corrected chi connectivity index (χ0v) is 15.0. The minimum Gasteiger partial charge on any atom is -0.376 e. The number of rotatable bonds is 5. The van der Waals surface area contributed by atoms with E-state index >= 15 is 0 Å². The Kier molecular flexibility index (Phi) is 4.78. The summed E-state index contributed by atoms with van der Waals surface area (Å²) >= 11 is 1.69. The number of hydrogen-bond donors (Lipinski definition) is 1. The number of carbonyl (C=O) groups is 1. The molecule has 0 radical (unpaired) electrons. The van der Waals surface area contributed by atoms with Crippen molar-refractivity contribution >= 4 is 17.2 Å². The predicted octanol–water partition coefficient (Wildman–Crippen LogP) is 1.75. The molecule has 1 amide bonds.